The summed E-state index contributed by atoms with van der Waals surface area (Å²) in [6, 6.07) is 17.5. The van der Waals surface area contributed by atoms with E-state index in [1.54, 1.807) is 24.4 Å². The van der Waals surface area contributed by atoms with Gasteiger partial charge in [0.15, 0.2) is 5.82 Å². The Balaban J connectivity index is 1.25. The third-order valence-electron chi connectivity index (χ3n) is 12.2. The van der Waals surface area contributed by atoms with Crippen LogP contribution in [-0.4, -0.2) is 50.1 Å². The number of carbonyl (C=O) groups is 1. The molecule has 11 heteroatoms. The quantitative estimate of drug-likeness (QED) is 0.161. The number of aryl methyl sites for hydroxylation is 2. The van der Waals surface area contributed by atoms with Gasteiger partial charge in [0, 0.05) is 70.8 Å². The lowest BCUT2D eigenvalue weighted by Crippen LogP contribution is -2.43. The van der Waals surface area contributed by atoms with Gasteiger partial charge in [0.1, 0.15) is 5.52 Å². The molecule has 2 bridgehead atoms. The van der Waals surface area contributed by atoms with Gasteiger partial charge in [-0.3, -0.25) is 9.78 Å². The molecule has 0 spiro atoms. The standard InChI is InChI=1S/C42H41Cl2FN6O2/c1-21-28-18-33(34-19-35(22(2)50(34)42(52)24-12-13-24)53-23(3)31-11-4-5-15-47-31)51(40-26-17-32(40)48-20-26)41(28)29-16-25(8-7-14-46)36(38(45)39(29)49-21)27-9-6-10-30(43)37(27)44/h4-6,9-11,15-16,18,22-24,26,32,34-35,40,48H,7-8,12-13,17,19-20H2,1-3H3/t22-,23-,26-,32-,34-,35+,40+/m1/s1. The first kappa shape index (κ1) is 34.7. The summed E-state index contributed by atoms with van der Waals surface area (Å²) in [7, 11) is 0. The molecule has 5 aromatic rings. The predicted octanol–water partition coefficient (Wildman–Crippen LogP) is 9.21. The molecule has 1 N–H and O–H groups in total. The molecule has 5 aliphatic rings. The molecule has 272 valence electrons. The van der Waals surface area contributed by atoms with Crippen LogP contribution in [0.4, 0.5) is 4.39 Å². The number of benzene rings is 2. The third-order valence-corrected chi connectivity index (χ3v) is 13.0. The highest BCUT2D eigenvalue weighted by atomic mass is 35.5. The predicted molar refractivity (Wildman–Crippen MR) is 204 cm³/mol. The summed E-state index contributed by atoms with van der Waals surface area (Å²) in [6.45, 7) is 6.98. The number of hydrogen-bond acceptors (Lipinski definition) is 6. The maximum absolute atomic E-state index is 17.2. The molecular formula is C42H41Cl2FN6O2. The highest BCUT2D eigenvalue weighted by Gasteiger charge is 2.52. The minimum atomic E-state index is -0.481. The van der Waals surface area contributed by atoms with Crippen LogP contribution in [0, 0.1) is 35.9 Å². The van der Waals surface area contributed by atoms with Gasteiger partial charge in [-0.25, -0.2) is 9.37 Å². The van der Waals surface area contributed by atoms with Gasteiger partial charge in [0.05, 0.1) is 57.7 Å². The average Bonchev–Trinajstić information content (AvgIpc) is 3.41. The zero-order valence-electron chi connectivity index (χ0n) is 30.0. The van der Waals surface area contributed by atoms with Gasteiger partial charge in [-0.15, -0.1) is 0 Å². The van der Waals surface area contributed by atoms with Gasteiger partial charge >= 0.3 is 0 Å². The van der Waals surface area contributed by atoms with Crippen LogP contribution >= 0.6 is 23.2 Å². The summed E-state index contributed by atoms with van der Waals surface area (Å²) in [5.74, 6) is 0.140. The van der Waals surface area contributed by atoms with Gasteiger partial charge in [0.2, 0.25) is 5.91 Å². The van der Waals surface area contributed by atoms with Crippen LogP contribution < -0.4 is 5.32 Å². The van der Waals surface area contributed by atoms with Crippen LogP contribution in [0.2, 0.25) is 10.0 Å². The van der Waals surface area contributed by atoms with Crippen LogP contribution in [-0.2, 0) is 16.0 Å². The number of nitrogens with one attached hydrogen (secondary N) is 1. The number of fused-ring (bicyclic) bond motifs is 4. The number of nitrogens with zero attached hydrogens (tertiary/aromatic N) is 5. The molecule has 6 heterocycles. The SMILES string of the molecule is Cc1nc2c(F)c(-c3cccc(Cl)c3Cl)c(CCC#N)cc2c2c1cc([C@H]1C[C@H](O[C@H](C)c3ccccn3)[C@@H](C)N1C(=O)C1CC1)n2[C@H]1[C@H]2CN[C@@H]1C2. The number of amides is 1. The Kier molecular flexibility index (Phi) is 8.73. The third kappa shape index (κ3) is 5.64. The maximum atomic E-state index is 17.2. The Morgan fingerprint density at radius 1 is 1.15 bits per heavy atom. The zero-order chi connectivity index (χ0) is 36.7. The minimum absolute atomic E-state index is 0.0315. The number of carbonyl (C=O) groups excluding carboxylic acids is 1. The fourth-order valence-electron chi connectivity index (χ4n) is 9.37. The lowest BCUT2D eigenvalue weighted by Gasteiger charge is -2.39. The Hall–Kier alpha value is -4.07. The van der Waals surface area contributed by atoms with Crippen molar-refractivity contribution in [1.29, 1.82) is 5.26 Å². The van der Waals surface area contributed by atoms with E-state index in [0.29, 0.717) is 51.6 Å². The van der Waals surface area contributed by atoms with E-state index in [1.165, 1.54) is 0 Å². The second kappa shape index (κ2) is 13.3. The van der Waals surface area contributed by atoms with Crippen molar-refractivity contribution in [3.05, 3.63) is 93.2 Å². The molecule has 53 heavy (non-hydrogen) atoms. The number of halogens is 3. The van der Waals surface area contributed by atoms with Gasteiger partial charge in [-0.1, -0.05) is 41.4 Å². The van der Waals surface area contributed by atoms with Crippen molar-refractivity contribution in [1.82, 2.24) is 24.8 Å². The largest absolute Gasteiger partial charge is 0.367 e. The molecule has 0 radical (unpaired) electrons. The van der Waals surface area contributed by atoms with E-state index in [1.807, 2.05) is 38.1 Å². The highest BCUT2D eigenvalue weighted by Crippen LogP contribution is 2.52. The number of rotatable bonds is 9. The molecule has 8 nitrogen and oxygen atoms in total. The van der Waals surface area contributed by atoms with E-state index in [4.69, 9.17) is 32.9 Å². The van der Waals surface area contributed by atoms with Crippen molar-refractivity contribution >= 4 is 50.9 Å². The molecule has 3 aromatic heterocycles. The van der Waals surface area contributed by atoms with Crippen LogP contribution in [0.1, 0.15) is 86.8 Å². The van der Waals surface area contributed by atoms with Gasteiger partial charge < -0.3 is 19.5 Å². The molecule has 3 saturated heterocycles. The number of aromatic nitrogens is 3. The molecule has 1 amide bonds. The van der Waals surface area contributed by atoms with Crippen LogP contribution in [0.15, 0.2) is 54.7 Å². The first-order valence-electron chi connectivity index (χ1n) is 18.8. The van der Waals surface area contributed by atoms with E-state index >= 15 is 4.39 Å². The summed E-state index contributed by atoms with van der Waals surface area (Å²) in [5, 5.41) is 15.6. The zero-order valence-corrected chi connectivity index (χ0v) is 31.5. The molecule has 0 unspecified atom stereocenters. The van der Waals surface area contributed by atoms with E-state index in [-0.39, 0.29) is 65.2 Å². The Labute approximate surface area is 318 Å². The van der Waals surface area contributed by atoms with Crippen LogP contribution in [0.3, 0.4) is 0 Å². The summed E-state index contributed by atoms with van der Waals surface area (Å²) in [4.78, 5) is 25.8. The molecule has 7 atom stereocenters. The molecule has 2 aromatic carbocycles. The second-order valence-corrected chi connectivity index (χ2v) is 16.1. The first-order valence-corrected chi connectivity index (χ1v) is 19.5. The van der Waals surface area contributed by atoms with Crippen molar-refractivity contribution in [2.45, 2.75) is 95.7 Å². The topological polar surface area (TPSA) is 96.1 Å². The summed E-state index contributed by atoms with van der Waals surface area (Å²) in [6.07, 6.45) is 5.37. The van der Waals surface area contributed by atoms with Gasteiger partial charge in [-0.05, 0) is 88.3 Å². The smallest absolute Gasteiger partial charge is 0.226 e. The Morgan fingerprint density at radius 2 is 1.98 bits per heavy atom. The summed E-state index contributed by atoms with van der Waals surface area (Å²) in [5.41, 5.74) is 5.25. The number of hydrogen-bond donors (Lipinski definition) is 1. The van der Waals surface area contributed by atoms with Crippen molar-refractivity contribution in [3.63, 3.8) is 0 Å². The summed E-state index contributed by atoms with van der Waals surface area (Å²) >= 11 is 13.1. The van der Waals surface area contributed by atoms with Crippen LogP contribution in [0.25, 0.3) is 32.9 Å². The van der Waals surface area contributed by atoms with Crippen molar-refractivity contribution in [2.75, 3.05) is 6.54 Å². The Bertz CT molecular complexity index is 2310. The number of likely N-dealkylation sites (tertiary alicyclic amines) is 1. The van der Waals surface area contributed by atoms with Gasteiger partial charge in [0.25, 0.3) is 0 Å². The van der Waals surface area contributed by atoms with Crippen molar-refractivity contribution < 1.29 is 13.9 Å². The molecule has 10 rings (SSSR count). The monoisotopic (exact) mass is 750 g/mol. The van der Waals surface area contributed by atoms with E-state index in [9.17, 15) is 10.1 Å². The molecule has 2 aliphatic carbocycles. The Morgan fingerprint density at radius 3 is 2.68 bits per heavy atom. The first-order chi connectivity index (χ1) is 25.7. The normalized spacial score (nSPS) is 25.6. The maximum Gasteiger partial charge on any atom is 0.226 e. The lowest BCUT2D eigenvalue weighted by molar-refractivity contribution is -0.137. The molecule has 2 saturated carbocycles. The number of pyridine rings is 2. The molecule has 3 aliphatic heterocycles. The van der Waals surface area contributed by atoms with E-state index < -0.39 is 5.82 Å². The van der Waals surface area contributed by atoms with E-state index in [2.05, 4.69) is 38.8 Å². The number of ether oxygens (including phenoxy) is 1. The fraction of sp³-hybridized carbons (Fsp3) is 0.429. The highest BCUT2D eigenvalue weighted by molar-refractivity contribution is 6.43. The molecular weight excluding hydrogens is 710 g/mol. The average molecular weight is 752 g/mol. The van der Waals surface area contributed by atoms with Crippen molar-refractivity contribution in [3.8, 4) is 17.2 Å². The lowest BCUT2D eigenvalue weighted by atomic mass is 9.79. The fourth-order valence-corrected chi connectivity index (χ4v) is 9.76. The van der Waals surface area contributed by atoms with Crippen molar-refractivity contribution in [2.24, 2.45) is 11.8 Å². The number of nitriles is 1. The minimum Gasteiger partial charge on any atom is -0.367 e. The molecule has 5 fully saturated rings. The second-order valence-electron chi connectivity index (χ2n) is 15.4. The van der Waals surface area contributed by atoms with E-state index in [0.717, 1.165) is 48.1 Å². The van der Waals surface area contributed by atoms with Crippen LogP contribution in [0.5, 0.6) is 0 Å². The van der Waals surface area contributed by atoms with Gasteiger partial charge in [-0.2, -0.15) is 5.26 Å². The summed E-state index contributed by atoms with van der Waals surface area (Å²) < 4.78 is 26.4.